The lowest BCUT2D eigenvalue weighted by Crippen LogP contribution is -2.14. The summed E-state index contributed by atoms with van der Waals surface area (Å²) in [5.41, 5.74) is 5.78. The van der Waals surface area contributed by atoms with Crippen LogP contribution in [0.3, 0.4) is 0 Å². The fourth-order valence-corrected chi connectivity index (χ4v) is 3.77. The van der Waals surface area contributed by atoms with Gasteiger partial charge in [-0.1, -0.05) is 25.2 Å². The fraction of sp³-hybridized carbons (Fsp3) is 0.364. The number of hydrogen-bond acceptors (Lipinski definition) is 7. The van der Waals surface area contributed by atoms with Gasteiger partial charge in [-0.2, -0.15) is 0 Å². The molecule has 2 aromatic rings. The monoisotopic (exact) mass is 313 g/mol. The molecule has 0 saturated carbocycles. The molecule has 108 valence electrons. The standard InChI is InChI=1S/C11H15N5O2S2/c1-7(2)5-10-14-15-11(19-10)16-20(17,18)9-6-13-4-3-8(9)12/h3-4,6-7H,5H2,1-2H3,(H2,12,13)(H,15,16). The van der Waals surface area contributed by atoms with Crippen molar-refractivity contribution in [3.8, 4) is 0 Å². The normalized spacial score (nSPS) is 11.8. The number of nitrogens with zero attached hydrogens (tertiary/aromatic N) is 3. The topological polar surface area (TPSA) is 111 Å². The Bertz CT molecular complexity index is 696. The summed E-state index contributed by atoms with van der Waals surface area (Å²) in [7, 11) is -3.79. The quantitative estimate of drug-likeness (QED) is 0.865. The molecule has 0 aliphatic rings. The zero-order valence-corrected chi connectivity index (χ0v) is 12.7. The molecule has 0 fully saturated rings. The number of aromatic nitrogens is 3. The predicted octanol–water partition coefficient (Wildman–Crippen LogP) is 1.51. The summed E-state index contributed by atoms with van der Waals surface area (Å²) in [6.07, 6.45) is 3.39. The molecular formula is C11H15N5O2S2. The van der Waals surface area contributed by atoms with Gasteiger partial charge in [0.25, 0.3) is 10.0 Å². The van der Waals surface area contributed by atoms with E-state index in [-0.39, 0.29) is 15.7 Å². The van der Waals surface area contributed by atoms with Gasteiger partial charge in [0.1, 0.15) is 9.90 Å². The minimum atomic E-state index is -3.79. The van der Waals surface area contributed by atoms with Gasteiger partial charge in [0.2, 0.25) is 5.13 Å². The van der Waals surface area contributed by atoms with Crippen LogP contribution >= 0.6 is 11.3 Å². The molecule has 0 saturated heterocycles. The number of nitrogens with one attached hydrogen (secondary N) is 1. The summed E-state index contributed by atoms with van der Waals surface area (Å²) < 4.78 is 26.7. The van der Waals surface area contributed by atoms with Crippen molar-refractivity contribution in [2.45, 2.75) is 25.2 Å². The molecule has 0 aromatic carbocycles. The maximum absolute atomic E-state index is 12.2. The molecule has 3 N–H and O–H groups in total. The van der Waals surface area contributed by atoms with E-state index in [1.807, 2.05) is 0 Å². The average Bonchev–Trinajstić information content (AvgIpc) is 2.75. The lowest BCUT2D eigenvalue weighted by Gasteiger charge is -2.06. The van der Waals surface area contributed by atoms with Crippen LogP contribution in [0.5, 0.6) is 0 Å². The summed E-state index contributed by atoms with van der Waals surface area (Å²) >= 11 is 1.21. The van der Waals surface area contributed by atoms with Gasteiger partial charge in [-0.25, -0.2) is 8.42 Å². The molecule has 0 unspecified atom stereocenters. The molecule has 0 spiro atoms. The van der Waals surface area contributed by atoms with Crippen LogP contribution in [0.15, 0.2) is 23.4 Å². The van der Waals surface area contributed by atoms with Gasteiger partial charge >= 0.3 is 0 Å². The first-order chi connectivity index (χ1) is 9.38. The van der Waals surface area contributed by atoms with E-state index in [0.29, 0.717) is 5.92 Å². The molecule has 0 atom stereocenters. The van der Waals surface area contributed by atoms with Crippen molar-refractivity contribution in [3.63, 3.8) is 0 Å². The van der Waals surface area contributed by atoms with Crippen LogP contribution < -0.4 is 10.5 Å². The molecule has 0 radical (unpaired) electrons. The highest BCUT2D eigenvalue weighted by Gasteiger charge is 2.19. The lowest BCUT2D eigenvalue weighted by atomic mass is 10.1. The summed E-state index contributed by atoms with van der Waals surface area (Å²) in [4.78, 5) is 3.70. The van der Waals surface area contributed by atoms with Gasteiger partial charge in [0, 0.05) is 18.8 Å². The van der Waals surface area contributed by atoms with E-state index >= 15 is 0 Å². The Morgan fingerprint density at radius 2 is 2.15 bits per heavy atom. The number of nitrogens with two attached hydrogens (primary N) is 1. The largest absolute Gasteiger partial charge is 0.398 e. The summed E-state index contributed by atoms with van der Waals surface area (Å²) in [5.74, 6) is 0.432. The minimum Gasteiger partial charge on any atom is -0.398 e. The van der Waals surface area contributed by atoms with Gasteiger partial charge in [-0.05, 0) is 12.0 Å². The van der Waals surface area contributed by atoms with Crippen LogP contribution in [-0.4, -0.2) is 23.6 Å². The third-order valence-electron chi connectivity index (χ3n) is 2.38. The minimum absolute atomic E-state index is 0.0689. The molecule has 7 nitrogen and oxygen atoms in total. The molecule has 2 rings (SSSR count). The second kappa shape index (κ2) is 5.71. The highest BCUT2D eigenvalue weighted by Crippen LogP contribution is 2.23. The van der Waals surface area contributed by atoms with Crippen molar-refractivity contribution in [3.05, 3.63) is 23.5 Å². The molecule has 0 aliphatic heterocycles. The van der Waals surface area contributed by atoms with Crippen molar-refractivity contribution >= 4 is 32.2 Å². The first kappa shape index (κ1) is 14.7. The van der Waals surface area contributed by atoms with E-state index < -0.39 is 10.0 Å². The van der Waals surface area contributed by atoms with Crippen molar-refractivity contribution in [2.75, 3.05) is 10.5 Å². The third-order valence-corrected chi connectivity index (χ3v) is 4.75. The first-order valence-corrected chi connectivity index (χ1v) is 8.23. The highest BCUT2D eigenvalue weighted by molar-refractivity contribution is 7.93. The van der Waals surface area contributed by atoms with Crippen LogP contribution in [0.25, 0.3) is 0 Å². The Morgan fingerprint density at radius 3 is 2.80 bits per heavy atom. The second-order valence-electron chi connectivity index (χ2n) is 4.62. The van der Waals surface area contributed by atoms with Gasteiger partial charge in [0.05, 0.1) is 5.69 Å². The number of hydrogen-bond donors (Lipinski definition) is 2. The van der Waals surface area contributed by atoms with Crippen molar-refractivity contribution in [1.82, 2.24) is 15.2 Å². The average molecular weight is 313 g/mol. The van der Waals surface area contributed by atoms with E-state index in [0.717, 1.165) is 11.4 Å². The molecular weight excluding hydrogens is 298 g/mol. The predicted molar refractivity (Wildman–Crippen MR) is 77.9 cm³/mol. The molecule has 9 heteroatoms. The van der Waals surface area contributed by atoms with Crippen LogP contribution in [0, 0.1) is 5.92 Å². The lowest BCUT2D eigenvalue weighted by molar-refractivity contribution is 0.601. The smallest absolute Gasteiger partial charge is 0.267 e. The van der Waals surface area contributed by atoms with Gasteiger partial charge in [-0.15, -0.1) is 10.2 Å². The fourth-order valence-electron chi connectivity index (χ4n) is 1.51. The molecule has 0 aliphatic carbocycles. The molecule has 0 amide bonds. The Kier molecular flexibility index (Phi) is 4.19. The Balaban J connectivity index is 2.21. The maximum Gasteiger partial charge on any atom is 0.267 e. The summed E-state index contributed by atoms with van der Waals surface area (Å²) in [6.45, 7) is 4.11. The van der Waals surface area contributed by atoms with E-state index in [9.17, 15) is 8.42 Å². The Morgan fingerprint density at radius 1 is 1.40 bits per heavy atom. The first-order valence-electron chi connectivity index (χ1n) is 5.93. The zero-order chi connectivity index (χ0) is 14.8. The van der Waals surface area contributed by atoms with Crippen molar-refractivity contribution < 1.29 is 8.42 Å². The van der Waals surface area contributed by atoms with Crippen LogP contribution in [0.1, 0.15) is 18.9 Å². The zero-order valence-electron chi connectivity index (χ0n) is 11.1. The van der Waals surface area contributed by atoms with Gasteiger partial charge < -0.3 is 5.73 Å². The molecule has 0 bridgehead atoms. The molecule has 20 heavy (non-hydrogen) atoms. The van der Waals surface area contributed by atoms with E-state index in [2.05, 4.69) is 33.8 Å². The van der Waals surface area contributed by atoms with E-state index in [4.69, 9.17) is 5.73 Å². The van der Waals surface area contributed by atoms with Crippen molar-refractivity contribution in [1.29, 1.82) is 0 Å². The highest BCUT2D eigenvalue weighted by atomic mass is 32.2. The Hall–Kier alpha value is -1.74. The van der Waals surface area contributed by atoms with E-state index in [1.54, 1.807) is 0 Å². The number of rotatable bonds is 5. The molecule has 2 aromatic heterocycles. The molecule has 2 heterocycles. The number of sulfonamides is 1. The van der Waals surface area contributed by atoms with E-state index in [1.165, 1.54) is 29.8 Å². The number of anilines is 2. The summed E-state index contributed by atoms with van der Waals surface area (Å²) in [6, 6.07) is 1.43. The van der Waals surface area contributed by atoms with Gasteiger partial charge in [0.15, 0.2) is 0 Å². The third kappa shape index (κ3) is 3.42. The van der Waals surface area contributed by atoms with Crippen LogP contribution in [-0.2, 0) is 16.4 Å². The van der Waals surface area contributed by atoms with Crippen molar-refractivity contribution in [2.24, 2.45) is 5.92 Å². The maximum atomic E-state index is 12.2. The van der Waals surface area contributed by atoms with Crippen LogP contribution in [0.4, 0.5) is 10.8 Å². The summed E-state index contributed by atoms with van der Waals surface area (Å²) in [5, 5.41) is 8.79. The van der Waals surface area contributed by atoms with Gasteiger partial charge in [-0.3, -0.25) is 9.71 Å². The van der Waals surface area contributed by atoms with Crippen LogP contribution in [0.2, 0.25) is 0 Å². The number of pyridine rings is 1. The second-order valence-corrected chi connectivity index (χ2v) is 7.33. The SMILES string of the molecule is CC(C)Cc1nnc(NS(=O)(=O)c2cnccc2N)s1. The number of nitrogen functional groups attached to an aromatic ring is 1. The Labute approximate surface area is 121 Å².